The van der Waals surface area contributed by atoms with Crippen molar-refractivity contribution in [2.24, 2.45) is 0 Å². The van der Waals surface area contributed by atoms with E-state index >= 15 is 0 Å². The van der Waals surface area contributed by atoms with Gasteiger partial charge in [-0.1, -0.05) is 42.5 Å². The van der Waals surface area contributed by atoms with Crippen LogP contribution < -0.4 is 15.4 Å². The lowest BCUT2D eigenvalue weighted by molar-refractivity contribution is -0.118. The van der Waals surface area contributed by atoms with Crippen LogP contribution in [0.3, 0.4) is 0 Å². The molecule has 0 heterocycles. The van der Waals surface area contributed by atoms with E-state index in [2.05, 4.69) is 10.6 Å². The van der Waals surface area contributed by atoms with Crippen LogP contribution in [0.4, 0.5) is 11.4 Å². The Morgan fingerprint density at radius 1 is 0.786 bits per heavy atom. The van der Waals surface area contributed by atoms with Gasteiger partial charge in [0.2, 0.25) is 0 Å². The molecular weight excluding hydrogens is 352 g/mol. The number of aryl methyl sites for hydroxylation is 2. The maximum Gasteiger partial charge on any atom is 0.262 e. The first kappa shape index (κ1) is 19.2. The van der Waals surface area contributed by atoms with Crippen LogP contribution in [0.25, 0.3) is 0 Å². The Labute approximate surface area is 164 Å². The fourth-order valence-corrected chi connectivity index (χ4v) is 2.82. The molecule has 0 bridgehead atoms. The van der Waals surface area contributed by atoms with E-state index in [0.29, 0.717) is 22.7 Å². The smallest absolute Gasteiger partial charge is 0.262 e. The fourth-order valence-electron chi connectivity index (χ4n) is 2.82. The Bertz CT molecular complexity index is 964. The Kier molecular flexibility index (Phi) is 6.07. The Morgan fingerprint density at radius 3 is 2.14 bits per heavy atom. The molecule has 0 radical (unpaired) electrons. The molecule has 0 fully saturated rings. The van der Waals surface area contributed by atoms with E-state index in [1.54, 1.807) is 24.3 Å². The van der Waals surface area contributed by atoms with Crippen molar-refractivity contribution in [3.8, 4) is 5.75 Å². The number of ether oxygens (including phenoxy) is 1. The molecule has 28 heavy (non-hydrogen) atoms. The number of carbonyl (C=O) groups is 2. The molecule has 0 saturated heterocycles. The highest BCUT2D eigenvalue weighted by molar-refractivity contribution is 6.05. The number of para-hydroxylation sites is 2. The molecule has 5 nitrogen and oxygen atoms in total. The van der Waals surface area contributed by atoms with Crippen molar-refractivity contribution in [2.75, 3.05) is 17.2 Å². The molecule has 2 N–H and O–H groups in total. The van der Waals surface area contributed by atoms with E-state index in [9.17, 15) is 9.59 Å². The predicted molar refractivity (Wildman–Crippen MR) is 111 cm³/mol. The minimum Gasteiger partial charge on any atom is -0.483 e. The van der Waals surface area contributed by atoms with Gasteiger partial charge < -0.3 is 15.4 Å². The van der Waals surface area contributed by atoms with Crippen LogP contribution in [0.5, 0.6) is 5.75 Å². The van der Waals surface area contributed by atoms with Crippen molar-refractivity contribution >= 4 is 23.2 Å². The number of hydrogen-bond acceptors (Lipinski definition) is 3. The molecule has 0 aliphatic rings. The maximum atomic E-state index is 12.4. The summed E-state index contributed by atoms with van der Waals surface area (Å²) in [5, 5.41) is 5.59. The van der Waals surface area contributed by atoms with E-state index in [1.807, 2.05) is 62.4 Å². The number of carbonyl (C=O) groups excluding carboxylic acids is 2. The predicted octanol–water partition coefficient (Wildman–Crippen LogP) is 4.57. The summed E-state index contributed by atoms with van der Waals surface area (Å²) < 4.78 is 5.67. The lowest BCUT2D eigenvalue weighted by Gasteiger charge is -2.12. The van der Waals surface area contributed by atoms with Crippen LogP contribution in [-0.4, -0.2) is 18.4 Å². The standard InChI is InChI=1S/C23H22N2O3/c1-16-8-6-9-17(2)22(16)28-15-21(26)24-20-13-7-10-18(14-20)23(27)25-19-11-4-3-5-12-19/h3-14H,15H2,1-2H3,(H,24,26)(H,25,27). The van der Waals surface area contributed by atoms with E-state index in [1.165, 1.54) is 0 Å². The second-order valence-electron chi connectivity index (χ2n) is 6.46. The van der Waals surface area contributed by atoms with Crippen LogP contribution in [0.2, 0.25) is 0 Å². The van der Waals surface area contributed by atoms with Crippen LogP contribution in [0, 0.1) is 13.8 Å². The number of rotatable bonds is 6. The third kappa shape index (κ3) is 4.98. The molecule has 0 aliphatic heterocycles. The van der Waals surface area contributed by atoms with Gasteiger partial charge in [0.1, 0.15) is 5.75 Å². The summed E-state index contributed by atoms with van der Waals surface area (Å²) in [6, 6.07) is 21.8. The quantitative estimate of drug-likeness (QED) is 0.664. The minimum absolute atomic E-state index is 0.105. The molecule has 0 atom stereocenters. The van der Waals surface area contributed by atoms with Gasteiger partial charge in [0.15, 0.2) is 6.61 Å². The molecular formula is C23H22N2O3. The molecule has 3 aromatic rings. The van der Waals surface area contributed by atoms with Crippen LogP contribution >= 0.6 is 0 Å². The Hall–Kier alpha value is -3.60. The van der Waals surface area contributed by atoms with Gasteiger partial charge in [0, 0.05) is 16.9 Å². The first-order valence-electron chi connectivity index (χ1n) is 8.98. The van der Waals surface area contributed by atoms with Crippen molar-refractivity contribution in [1.29, 1.82) is 0 Å². The van der Waals surface area contributed by atoms with Crippen molar-refractivity contribution in [3.05, 3.63) is 89.5 Å². The zero-order valence-electron chi connectivity index (χ0n) is 15.9. The third-order valence-corrected chi connectivity index (χ3v) is 4.20. The molecule has 2 amide bonds. The van der Waals surface area contributed by atoms with Gasteiger partial charge in [-0.2, -0.15) is 0 Å². The second kappa shape index (κ2) is 8.86. The molecule has 0 unspecified atom stereocenters. The molecule has 0 saturated carbocycles. The highest BCUT2D eigenvalue weighted by atomic mass is 16.5. The van der Waals surface area contributed by atoms with E-state index in [-0.39, 0.29) is 18.4 Å². The zero-order valence-corrected chi connectivity index (χ0v) is 15.9. The molecule has 3 rings (SSSR count). The SMILES string of the molecule is Cc1cccc(C)c1OCC(=O)Nc1cccc(C(=O)Nc2ccccc2)c1. The Balaban J connectivity index is 1.61. The molecule has 142 valence electrons. The third-order valence-electron chi connectivity index (χ3n) is 4.20. The van der Waals surface area contributed by atoms with Gasteiger partial charge in [-0.15, -0.1) is 0 Å². The summed E-state index contributed by atoms with van der Waals surface area (Å²) in [6.45, 7) is 3.77. The topological polar surface area (TPSA) is 67.4 Å². The summed E-state index contributed by atoms with van der Waals surface area (Å²) in [7, 11) is 0. The van der Waals surface area contributed by atoms with Crippen molar-refractivity contribution < 1.29 is 14.3 Å². The van der Waals surface area contributed by atoms with Crippen molar-refractivity contribution in [1.82, 2.24) is 0 Å². The van der Waals surface area contributed by atoms with Gasteiger partial charge in [0.25, 0.3) is 11.8 Å². The normalized spacial score (nSPS) is 10.2. The van der Waals surface area contributed by atoms with E-state index in [4.69, 9.17) is 4.74 Å². The average molecular weight is 374 g/mol. The highest BCUT2D eigenvalue weighted by Crippen LogP contribution is 2.22. The molecule has 0 aliphatic carbocycles. The summed E-state index contributed by atoms with van der Waals surface area (Å²) in [4.78, 5) is 24.6. The number of benzene rings is 3. The van der Waals surface area contributed by atoms with Crippen LogP contribution in [0.1, 0.15) is 21.5 Å². The maximum absolute atomic E-state index is 12.4. The summed E-state index contributed by atoms with van der Waals surface area (Å²) in [5.41, 5.74) is 3.66. The van der Waals surface area contributed by atoms with Crippen LogP contribution in [0.15, 0.2) is 72.8 Å². The van der Waals surface area contributed by atoms with Gasteiger partial charge in [-0.05, 0) is 55.3 Å². The second-order valence-corrected chi connectivity index (χ2v) is 6.46. The summed E-state index contributed by atoms with van der Waals surface area (Å²) in [6.07, 6.45) is 0. The number of amides is 2. The number of anilines is 2. The zero-order chi connectivity index (χ0) is 19.9. The lowest BCUT2D eigenvalue weighted by Crippen LogP contribution is -2.21. The highest BCUT2D eigenvalue weighted by Gasteiger charge is 2.10. The fraction of sp³-hybridized carbons (Fsp3) is 0.130. The Morgan fingerprint density at radius 2 is 1.43 bits per heavy atom. The lowest BCUT2D eigenvalue weighted by atomic mass is 10.1. The average Bonchev–Trinajstić information content (AvgIpc) is 2.68. The largest absolute Gasteiger partial charge is 0.483 e. The molecule has 5 heteroatoms. The minimum atomic E-state index is -0.289. The van der Waals surface area contributed by atoms with Crippen molar-refractivity contribution in [2.45, 2.75) is 13.8 Å². The van der Waals surface area contributed by atoms with E-state index in [0.717, 1.165) is 11.1 Å². The monoisotopic (exact) mass is 374 g/mol. The first-order chi connectivity index (χ1) is 13.5. The molecule has 0 aromatic heterocycles. The first-order valence-corrected chi connectivity index (χ1v) is 8.98. The van der Waals surface area contributed by atoms with Crippen LogP contribution in [-0.2, 0) is 4.79 Å². The molecule has 0 spiro atoms. The van der Waals surface area contributed by atoms with E-state index < -0.39 is 0 Å². The van der Waals surface area contributed by atoms with Gasteiger partial charge >= 0.3 is 0 Å². The summed E-state index contributed by atoms with van der Waals surface area (Å²) >= 11 is 0. The number of hydrogen-bond donors (Lipinski definition) is 2. The van der Waals surface area contributed by atoms with Gasteiger partial charge in [-0.3, -0.25) is 9.59 Å². The molecule has 3 aromatic carbocycles. The van der Waals surface area contributed by atoms with Gasteiger partial charge in [0.05, 0.1) is 0 Å². The summed E-state index contributed by atoms with van der Waals surface area (Å²) in [5.74, 6) is 0.186. The van der Waals surface area contributed by atoms with Gasteiger partial charge in [-0.25, -0.2) is 0 Å². The number of nitrogens with one attached hydrogen (secondary N) is 2. The van der Waals surface area contributed by atoms with Crippen molar-refractivity contribution in [3.63, 3.8) is 0 Å².